The predicted molar refractivity (Wildman–Crippen MR) is 55.7 cm³/mol. The van der Waals surface area contributed by atoms with Crippen LogP contribution in [-0.4, -0.2) is 6.15 Å². The van der Waals surface area contributed by atoms with Gasteiger partial charge in [-0.15, -0.1) is 0 Å². The fraction of sp³-hybridized carbons (Fsp3) is 0.917. The van der Waals surface area contributed by atoms with Gasteiger partial charge in [-0.25, -0.2) is 0 Å². The van der Waals surface area contributed by atoms with Crippen LogP contribution in [0.4, 0.5) is 0 Å². The maximum atomic E-state index is 8.12. The van der Waals surface area contributed by atoms with Crippen LogP contribution in [0.3, 0.4) is 0 Å². The summed E-state index contributed by atoms with van der Waals surface area (Å²) in [5.74, 6) is 2.11. The molecule has 0 aromatic rings. The van der Waals surface area contributed by atoms with Gasteiger partial charge in [-0.05, 0) is 11.8 Å². The molecule has 1 aliphatic carbocycles. The quantitative estimate of drug-likeness (QED) is 0.696. The van der Waals surface area contributed by atoms with E-state index in [1.807, 2.05) is 0 Å². The fourth-order valence-electron chi connectivity index (χ4n) is 2.11. The first-order chi connectivity index (χ1) is 6.74. The second-order valence-electron chi connectivity index (χ2n) is 4.35. The third-order valence-corrected chi connectivity index (χ3v) is 3.10. The highest BCUT2D eigenvalue weighted by Crippen LogP contribution is 2.31. The van der Waals surface area contributed by atoms with E-state index in [1.165, 1.54) is 44.9 Å². The molecule has 2 nitrogen and oxygen atoms in total. The number of hydrogen-bond donors (Lipinski definition) is 0. The van der Waals surface area contributed by atoms with E-state index < -0.39 is 0 Å². The minimum Gasteiger partial charge on any atom is -0.186 e. The molecule has 0 radical (unpaired) electrons. The molecule has 0 bridgehead atoms. The topological polar surface area (TPSA) is 34.1 Å². The minimum atomic E-state index is 0.250. The standard InChI is InChI=1S/C11H22.CO2/c1-3-4-5-11-8-6-10(2)7-9-11;2-1-3/h10-11H,3-9H2,1-2H3;. The second kappa shape index (κ2) is 8.96. The molecule has 82 valence electrons. The second-order valence-corrected chi connectivity index (χ2v) is 4.35. The number of rotatable bonds is 3. The van der Waals surface area contributed by atoms with Gasteiger partial charge < -0.3 is 0 Å². The van der Waals surface area contributed by atoms with E-state index in [9.17, 15) is 0 Å². The molecule has 1 aliphatic rings. The third-order valence-electron chi connectivity index (χ3n) is 3.10. The Hall–Kier alpha value is -0.620. The molecule has 0 atom stereocenters. The molecule has 2 heteroatoms. The van der Waals surface area contributed by atoms with Gasteiger partial charge in [0.2, 0.25) is 0 Å². The Morgan fingerprint density at radius 1 is 1.14 bits per heavy atom. The number of unbranched alkanes of at least 4 members (excludes halogenated alkanes) is 1. The lowest BCUT2D eigenvalue weighted by molar-refractivity contribution is -0.191. The molecule has 0 unspecified atom stereocenters. The molecule has 0 aromatic carbocycles. The van der Waals surface area contributed by atoms with Crippen LogP contribution in [-0.2, 0) is 9.59 Å². The Morgan fingerprint density at radius 2 is 1.64 bits per heavy atom. The lowest BCUT2D eigenvalue weighted by atomic mass is 9.81. The van der Waals surface area contributed by atoms with Gasteiger partial charge in [0, 0.05) is 0 Å². The molecule has 0 N–H and O–H groups in total. The summed E-state index contributed by atoms with van der Waals surface area (Å²) in [6, 6.07) is 0. The Morgan fingerprint density at radius 3 is 2.07 bits per heavy atom. The van der Waals surface area contributed by atoms with Crippen LogP contribution >= 0.6 is 0 Å². The van der Waals surface area contributed by atoms with E-state index in [2.05, 4.69) is 13.8 Å². The minimum absolute atomic E-state index is 0.250. The van der Waals surface area contributed by atoms with Crippen LogP contribution in [0.15, 0.2) is 0 Å². The van der Waals surface area contributed by atoms with Crippen molar-refractivity contribution in [3.63, 3.8) is 0 Å². The van der Waals surface area contributed by atoms with Gasteiger partial charge in [-0.1, -0.05) is 58.8 Å². The zero-order valence-electron chi connectivity index (χ0n) is 9.42. The molecule has 1 fully saturated rings. The van der Waals surface area contributed by atoms with Crippen molar-refractivity contribution in [2.75, 3.05) is 0 Å². The summed E-state index contributed by atoms with van der Waals surface area (Å²) in [4.78, 5) is 16.2. The van der Waals surface area contributed by atoms with Gasteiger partial charge in [0.25, 0.3) is 0 Å². The van der Waals surface area contributed by atoms with Gasteiger partial charge >= 0.3 is 6.15 Å². The van der Waals surface area contributed by atoms with Crippen LogP contribution in [0.25, 0.3) is 0 Å². The summed E-state index contributed by atoms with van der Waals surface area (Å²) < 4.78 is 0. The lowest BCUT2D eigenvalue weighted by Crippen LogP contribution is -2.11. The highest BCUT2D eigenvalue weighted by atomic mass is 16.2. The van der Waals surface area contributed by atoms with Crippen molar-refractivity contribution in [2.24, 2.45) is 11.8 Å². The zero-order valence-corrected chi connectivity index (χ0v) is 9.42. The lowest BCUT2D eigenvalue weighted by Gasteiger charge is -2.25. The van der Waals surface area contributed by atoms with Crippen LogP contribution in [0.5, 0.6) is 0 Å². The van der Waals surface area contributed by atoms with E-state index in [0.717, 1.165) is 11.8 Å². The Labute approximate surface area is 87.1 Å². The van der Waals surface area contributed by atoms with Gasteiger partial charge in [0.05, 0.1) is 0 Å². The summed E-state index contributed by atoms with van der Waals surface area (Å²) >= 11 is 0. The summed E-state index contributed by atoms with van der Waals surface area (Å²) in [6.07, 6.45) is 10.6. The third kappa shape index (κ3) is 6.85. The highest BCUT2D eigenvalue weighted by Gasteiger charge is 2.16. The smallest absolute Gasteiger partial charge is 0.186 e. The van der Waals surface area contributed by atoms with Crippen LogP contribution in [0.2, 0.25) is 0 Å². The average Bonchev–Trinajstić information content (AvgIpc) is 2.18. The molecular formula is C12H22O2. The van der Waals surface area contributed by atoms with Gasteiger partial charge in [-0.2, -0.15) is 9.59 Å². The van der Waals surface area contributed by atoms with Crippen molar-refractivity contribution in [3.05, 3.63) is 0 Å². The molecule has 0 heterocycles. The first kappa shape index (κ1) is 13.4. The van der Waals surface area contributed by atoms with Gasteiger partial charge in [0.15, 0.2) is 0 Å². The predicted octanol–water partition coefficient (Wildman–Crippen LogP) is 3.42. The van der Waals surface area contributed by atoms with Crippen molar-refractivity contribution < 1.29 is 9.59 Å². The molecule has 0 aromatic heterocycles. The maximum absolute atomic E-state index is 8.12. The zero-order chi connectivity index (χ0) is 10.8. The Kier molecular flexibility index (Phi) is 8.56. The monoisotopic (exact) mass is 198 g/mol. The molecule has 0 spiro atoms. The normalized spacial score (nSPS) is 25.9. The number of hydrogen-bond acceptors (Lipinski definition) is 2. The van der Waals surface area contributed by atoms with E-state index in [1.54, 1.807) is 0 Å². The largest absolute Gasteiger partial charge is 0.373 e. The number of carbonyl (C=O) groups excluding carboxylic acids is 2. The van der Waals surface area contributed by atoms with Crippen molar-refractivity contribution in [2.45, 2.75) is 58.8 Å². The Bertz CT molecular complexity index is 149. The van der Waals surface area contributed by atoms with E-state index in [-0.39, 0.29) is 6.15 Å². The molecule has 0 aliphatic heterocycles. The van der Waals surface area contributed by atoms with E-state index >= 15 is 0 Å². The van der Waals surface area contributed by atoms with E-state index in [0.29, 0.717) is 0 Å². The summed E-state index contributed by atoms with van der Waals surface area (Å²) in [5.41, 5.74) is 0. The first-order valence-electron chi connectivity index (χ1n) is 5.73. The molecular weight excluding hydrogens is 176 g/mol. The van der Waals surface area contributed by atoms with Crippen molar-refractivity contribution in [3.8, 4) is 0 Å². The van der Waals surface area contributed by atoms with Gasteiger partial charge in [-0.3, -0.25) is 0 Å². The average molecular weight is 198 g/mol. The van der Waals surface area contributed by atoms with Crippen molar-refractivity contribution >= 4 is 6.15 Å². The first-order valence-corrected chi connectivity index (χ1v) is 5.73. The van der Waals surface area contributed by atoms with Gasteiger partial charge in [0.1, 0.15) is 0 Å². The highest BCUT2D eigenvalue weighted by molar-refractivity contribution is 5.20. The van der Waals surface area contributed by atoms with Crippen LogP contribution < -0.4 is 0 Å². The van der Waals surface area contributed by atoms with Crippen molar-refractivity contribution in [1.82, 2.24) is 0 Å². The SMILES string of the molecule is CCCCC1CCC(C)CC1.O=C=O. The summed E-state index contributed by atoms with van der Waals surface area (Å²) in [6.45, 7) is 4.70. The van der Waals surface area contributed by atoms with Crippen LogP contribution in [0.1, 0.15) is 58.8 Å². The molecule has 1 rings (SSSR count). The maximum Gasteiger partial charge on any atom is 0.373 e. The fourth-order valence-corrected chi connectivity index (χ4v) is 2.11. The molecule has 1 saturated carbocycles. The molecule has 0 saturated heterocycles. The molecule has 0 amide bonds. The van der Waals surface area contributed by atoms with E-state index in [4.69, 9.17) is 9.59 Å². The summed E-state index contributed by atoms with van der Waals surface area (Å²) in [5, 5.41) is 0. The summed E-state index contributed by atoms with van der Waals surface area (Å²) in [7, 11) is 0. The molecule has 14 heavy (non-hydrogen) atoms. The van der Waals surface area contributed by atoms with Crippen molar-refractivity contribution in [1.29, 1.82) is 0 Å². The Balaban J connectivity index is 0.000000500. The van der Waals surface area contributed by atoms with Crippen LogP contribution in [0, 0.1) is 11.8 Å².